The Balaban J connectivity index is 1.28. The van der Waals surface area contributed by atoms with Crippen molar-refractivity contribution in [2.45, 2.75) is 6.92 Å². The zero-order valence-electron chi connectivity index (χ0n) is 24.8. The fourth-order valence-corrected chi connectivity index (χ4v) is 7.18. The molecule has 1 aliphatic carbocycles. The SMILES string of the molecule is COC1=CC(=O)C(C)=C(c2cccc3cc4cc5ccc6cc7cc8cc9ccccc9cc8cc7cc6c5cc4cc23)C1=O. The molecule has 0 saturated heterocycles. The van der Waals surface area contributed by atoms with Crippen LogP contribution in [0.1, 0.15) is 12.5 Å². The molecule has 0 heterocycles. The Morgan fingerprint density at radius 1 is 0.467 bits per heavy atom. The van der Waals surface area contributed by atoms with Crippen LogP contribution in [0.5, 0.6) is 0 Å². The molecule has 8 aromatic rings. The molecule has 0 fully saturated rings. The Labute approximate surface area is 258 Å². The van der Waals surface area contributed by atoms with Gasteiger partial charge in [0.15, 0.2) is 11.5 Å². The number of fused-ring (bicyclic) bond motifs is 8. The molecular formula is C42H26O3. The number of ether oxygens (including phenoxy) is 1. The van der Waals surface area contributed by atoms with Crippen molar-refractivity contribution in [3.05, 3.63) is 138 Å². The van der Waals surface area contributed by atoms with Gasteiger partial charge in [-0.2, -0.15) is 0 Å². The van der Waals surface area contributed by atoms with Crippen molar-refractivity contribution in [2.75, 3.05) is 7.11 Å². The van der Waals surface area contributed by atoms with E-state index in [4.69, 9.17) is 4.74 Å². The van der Waals surface area contributed by atoms with E-state index in [-0.39, 0.29) is 17.3 Å². The molecule has 0 radical (unpaired) electrons. The summed E-state index contributed by atoms with van der Waals surface area (Å²) < 4.78 is 5.27. The number of ketones is 2. The lowest BCUT2D eigenvalue weighted by Crippen LogP contribution is -2.18. The predicted molar refractivity (Wildman–Crippen MR) is 187 cm³/mol. The summed E-state index contributed by atoms with van der Waals surface area (Å²) in [6, 6.07) is 41.5. The maximum absolute atomic E-state index is 13.4. The number of methoxy groups -OCH3 is 1. The van der Waals surface area contributed by atoms with Gasteiger partial charge in [0, 0.05) is 17.2 Å². The molecule has 0 N–H and O–H groups in total. The van der Waals surface area contributed by atoms with E-state index in [1.54, 1.807) is 6.92 Å². The highest BCUT2D eigenvalue weighted by atomic mass is 16.5. The van der Waals surface area contributed by atoms with E-state index in [2.05, 4.69) is 103 Å². The van der Waals surface area contributed by atoms with Crippen LogP contribution in [-0.2, 0) is 14.3 Å². The minimum atomic E-state index is -0.265. The van der Waals surface area contributed by atoms with Crippen molar-refractivity contribution in [1.29, 1.82) is 0 Å². The van der Waals surface area contributed by atoms with E-state index in [1.807, 2.05) is 12.1 Å². The molecule has 8 aromatic carbocycles. The van der Waals surface area contributed by atoms with Crippen molar-refractivity contribution in [1.82, 2.24) is 0 Å². The third kappa shape index (κ3) is 3.84. The number of allylic oxidation sites excluding steroid dienone is 3. The Hall–Kier alpha value is -5.80. The first-order valence-electron chi connectivity index (χ1n) is 15.1. The fraction of sp³-hybridized carbons (Fsp3) is 0.0476. The molecule has 45 heavy (non-hydrogen) atoms. The van der Waals surface area contributed by atoms with Crippen LogP contribution in [0, 0.1) is 0 Å². The molecule has 212 valence electrons. The van der Waals surface area contributed by atoms with Gasteiger partial charge in [-0.15, -0.1) is 0 Å². The smallest absolute Gasteiger partial charge is 0.228 e. The average Bonchev–Trinajstić information content (AvgIpc) is 3.05. The summed E-state index contributed by atoms with van der Waals surface area (Å²) in [5.74, 6) is -0.395. The lowest BCUT2D eigenvalue weighted by Gasteiger charge is -2.18. The van der Waals surface area contributed by atoms with E-state index in [1.165, 1.54) is 67.0 Å². The van der Waals surface area contributed by atoms with Crippen LogP contribution in [-0.4, -0.2) is 18.7 Å². The van der Waals surface area contributed by atoms with Crippen molar-refractivity contribution in [3.63, 3.8) is 0 Å². The maximum atomic E-state index is 13.4. The number of carbonyl (C=O) groups excluding carboxylic acids is 2. The minimum absolute atomic E-state index is 0.0732. The summed E-state index contributed by atoms with van der Waals surface area (Å²) in [6.45, 7) is 1.72. The van der Waals surface area contributed by atoms with Gasteiger partial charge in [-0.3, -0.25) is 9.59 Å². The van der Waals surface area contributed by atoms with Gasteiger partial charge in [0.25, 0.3) is 0 Å². The number of Topliss-reactive ketones (excluding diaryl/α,β-unsaturated/α-hetero) is 1. The third-order valence-electron chi connectivity index (χ3n) is 9.51. The average molecular weight is 579 g/mol. The van der Waals surface area contributed by atoms with Gasteiger partial charge in [0.05, 0.1) is 7.11 Å². The van der Waals surface area contributed by atoms with Gasteiger partial charge >= 0.3 is 0 Å². The number of hydrogen-bond donors (Lipinski definition) is 0. The maximum Gasteiger partial charge on any atom is 0.228 e. The summed E-state index contributed by atoms with van der Waals surface area (Å²) in [4.78, 5) is 26.2. The summed E-state index contributed by atoms with van der Waals surface area (Å²) in [5, 5.41) is 16.3. The molecule has 3 nitrogen and oxygen atoms in total. The highest BCUT2D eigenvalue weighted by Crippen LogP contribution is 2.38. The van der Waals surface area contributed by atoms with Crippen LogP contribution in [0.3, 0.4) is 0 Å². The van der Waals surface area contributed by atoms with Crippen LogP contribution in [0.2, 0.25) is 0 Å². The van der Waals surface area contributed by atoms with Gasteiger partial charge in [-0.05, 0) is 149 Å². The second kappa shape index (κ2) is 9.35. The van der Waals surface area contributed by atoms with E-state index in [0.717, 1.165) is 27.1 Å². The second-order valence-electron chi connectivity index (χ2n) is 12.1. The monoisotopic (exact) mass is 578 g/mol. The Kier molecular flexibility index (Phi) is 5.33. The number of carbonyl (C=O) groups is 2. The molecule has 0 atom stereocenters. The van der Waals surface area contributed by atoms with Crippen molar-refractivity contribution in [3.8, 4) is 0 Å². The third-order valence-corrected chi connectivity index (χ3v) is 9.51. The van der Waals surface area contributed by atoms with Crippen molar-refractivity contribution >= 4 is 92.5 Å². The van der Waals surface area contributed by atoms with Crippen LogP contribution >= 0.6 is 0 Å². The van der Waals surface area contributed by atoms with Crippen molar-refractivity contribution in [2.24, 2.45) is 0 Å². The van der Waals surface area contributed by atoms with E-state index in [9.17, 15) is 9.59 Å². The molecule has 0 amide bonds. The summed E-state index contributed by atoms with van der Waals surface area (Å²) in [5.41, 5.74) is 1.59. The van der Waals surface area contributed by atoms with E-state index >= 15 is 0 Å². The van der Waals surface area contributed by atoms with E-state index < -0.39 is 0 Å². The molecule has 9 rings (SSSR count). The zero-order chi connectivity index (χ0) is 30.4. The number of benzene rings is 8. The Morgan fingerprint density at radius 2 is 0.911 bits per heavy atom. The van der Waals surface area contributed by atoms with Crippen molar-refractivity contribution < 1.29 is 14.3 Å². The van der Waals surface area contributed by atoms with Crippen LogP contribution in [0.4, 0.5) is 0 Å². The first-order valence-corrected chi connectivity index (χ1v) is 15.1. The van der Waals surface area contributed by atoms with Gasteiger partial charge in [0.1, 0.15) is 0 Å². The summed E-state index contributed by atoms with van der Waals surface area (Å²) in [6.07, 6.45) is 1.29. The van der Waals surface area contributed by atoms with E-state index in [0.29, 0.717) is 11.1 Å². The molecular weight excluding hydrogens is 552 g/mol. The topological polar surface area (TPSA) is 43.4 Å². The first-order chi connectivity index (χ1) is 21.9. The molecule has 0 aliphatic heterocycles. The molecule has 0 unspecified atom stereocenters. The normalized spacial score (nSPS) is 14.1. The molecule has 0 saturated carbocycles. The summed E-state index contributed by atoms with van der Waals surface area (Å²) >= 11 is 0. The molecule has 0 spiro atoms. The van der Waals surface area contributed by atoms with Crippen LogP contribution in [0.15, 0.2) is 133 Å². The Morgan fingerprint density at radius 3 is 1.49 bits per heavy atom. The largest absolute Gasteiger partial charge is 0.492 e. The fourth-order valence-electron chi connectivity index (χ4n) is 7.18. The van der Waals surface area contributed by atoms with Crippen LogP contribution in [0.25, 0.3) is 81.0 Å². The lowest BCUT2D eigenvalue weighted by molar-refractivity contribution is -0.116. The molecule has 0 aromatic heterocycles. The van der Waals surface area contributed by atoms with Gasteiger partial charge in [-0.1, -0.05) is 54.6 Å². The van der Waals surface area contributed by atoms with Crippen LogP contribution < -0.4 is 0 Å². The lowest BCUT2D eigenvalue weighted by atomic mass is 9.86. The minimum Gasteiger partial charge on any atom is -0.492 e. The molecule has 0 bridgehead atoms. The Bertz CT molecular complexity index is 2720. The number of hydrogen-bond acceptors (Lipinski definition) is 3. The van der Waals surface area contributed by atoms with Gasteiger partial charge < -0.3 is 4.74 Å². The highest BCUT2D eigenvalue weighted by Gasteiger charge is 2.29. The zero-order valence-corrected chi connectivity index (χ0v) is 24.8. The van der Waals surface area contributed by atoms with Gasteiger partial charge in [0.2, 0.25) is 5.78 Å². The highest BCUT2D eigenvalue weighted by molar-refractivity contribution is 6.39. The number of rotatable bonds is 2. The predicted octanol–water partition coefficient (Wildman–Crippen LogP) is 10.2. The summed E-state index contributed by atoms with van der Waals surface area (Å²) in [7, 11) is 1.43. The quantitative estimate of drug-likeness (QED) is 0.116. The molecule has 3 heteroatoms. The molecule has 1 aliphatic rings. The van der Waals surface area contributed by atoms with Gasteiger partial charge in [-0.25, -0.2) is 0 Å². The second-order valence-corrected chi connectivity index (χ2v) is 12.1. The first kappa shape index (κ1) is 25.7. The standard InChI is InChI=1S/C42H26O3/c1-23-39(43)22-40(45-2)42(44)41(23)35-9-5-8-26-14-31-15-27-10-11-28-16-32-17-29-12-24-6-3-4-7-25(24)13-30(29)18-33(32)19-37(28)38(27)21-34(31)20-36(26)35/h3-22H,1-2H3.